The van der Waals surface area contributed by atoms with Gasteiger partial charge in [0, 0.05) is 18.0 Å². The Morgan fingerprint density at radius 3 is 2.33 bits per heavy atom. The van der Waals surface area contributed by atoms with E-state index in [-0.39, 0.29) is 23.2 Å². The summed E-state index contributed by atoms with van der Waals surface area (Å²) in [5.74, 6) is -1.11. The van der Waals surface area contributed by atoms with Crippen molar-refractivity contribution in [2.45, 2.75) is 57.5 Å². The van der Waals surface area contributed by atoms with E-state index in [4.69, 9.17) is 5.73 Å². The van der Waals surface area contributed by atoms with Crippen LogP contribution < -0.4 is 11.1 Å². The van der Waals surface area contributed by atoms with Crippen LogP contribution in [0.5, 0.6) is 0 Å². The number of nitrogens with two attached hydrogens (primary N) is 1. The van der Waals surface area contributed by atoms with Crippen LogP contribution >= 0.6 is 0 Å². The number of amides is 1. The number of nitrogens with one attached hydrogen (secondary N) is 1. The average Bonchev–Trinajstić information content (AvgIpc) is 2.61. The van der Waals surface area contributed by atoms with E-state index >= 15 is 0 Å². The Bertz CT molecular complexity index is 895. The molecule has 30 heavy (non-hydrogen) atoms. The van der Waals surface area contributed by atoms with Crippen molar-refractivity contribution in [2.24, 2.45) is 5.73 Å². The minimum Gasteiger partial charge on any atom is -0.391 e. The Hall–Kier alpha value is -2.52. The van der Waals surface area contributed by atoms with Crippen LogP contribution in [-0.4, -0.2) is 33.7 Å². The first kappa shape index (κ1) is 23.8. The van der Waals surface area contributed by atoms with E-state index in [1.54, 1.807) is 26.8 Å². The number of aromatic nitrogens is 1. The van der Waals surface area contributed by atoms with Crippen molar-refractivity contribution in [3.05, 3.63) is 64.7 Å². The fourth-order valence-electron chi connectivity index (χ4n) is 2.83. The molecular weight excluding hydrogens is 402 g/mol. The SMILES string of the molecule is CC(C)(C)NC(=O)c1ccc(C(F)(F)F)nc1C[C@H](O)[C@H](N)Cc1ccccc1F. The van der Waals surface area contributed by atoms with Crippen LogP contribution in [0.1, 0.15) is 48.1 Å². The second-order valence-corrected chi connectivity index (χ2v) is 8.12. The fraction of sp³-hybridized carbons (Fsp3) is 0.429. The first-order valence-electron chi connectivity index (χ1n) is 9.34. The molecule has 2 rings (SSSR count). The van der Waals surface area contributed by atoms with E-state index in [9.17, 15) is 27.5 Å². The molecule has 0 aliphatic heterocycles. The molecule has 2 atom stereocenters. The van der Waals surface area contributed by atoms with Gasteiger partial charge >= 0.3 is 6.18 Å². The summed E-state index contributed by atoms with van der Waals surface area (Å²) < 4.78 is 53.1. The molecule has 1 aromatic heterocycles. The molecule has 4 N–H and O–H groups in total. The fourth-order valence-corrected chi connectivity index (χ4v) is 2.83. The molecular formula is C21H25F4N3O2. The van der Waals surface area contributed by atoms with Gasteiger partial charge in [0.2, 0.25) is 0 Å². The number of aliphatic hydroxyl groups is 1. The second-order valence-electron chi connectivity index (χ2n) is 8.12. The second kappa shape index (κ2) is 9.09. The summed E-state index contributed by atoms with van der Waals surface area (Å²) in [5, 5.41) is 13.1. The predicted octanol–water partition coefficient (Wildman–Crippen LogP) is 3.24. The minimum absolute atomic E-state index is 0.0314. The zero-order valence-electron chi connectivity index (χ0n) is 16.9. The van der Waals surface area contributed by atoms with Gasteiger partial charge in [-0.1, -0.05) is 18.2 Å². The van der Waals surface area contributed by atoms with Crippen LogP contribution in [0.2, 0.25) is 0 Å². The van der Waals surface area contributed by atoms with Crippen molar-refractivity contribution >= 4 is 5.91 Å². The number of alkyl halides is 3. The molecule has 0 saturated heterocycles. The topological polar surface area (TPSA) is 88.2 Å². The van der Waals surface area contributed by atoms with Crippen LogP contribution in [0.4, 0.5) is 17.6 Å². The highest BCUT2D eigenvalue weighted by atomic mass is 19.4. The van der Waals surface area contributed by atoms with Gasteiger partial charge in [0.25, 0.3) is 5.91 Å². The summed E-state index contributed by atoms with van der Waals surface area (Å²) >= 11 is 0. The molecule has 1 aromatic carbocycles. The Morgan fingerprint density at radius 2 is 1.77 bits per heavy atom. The molecule has 164 valence electrons. The van der Waals surface area contributed by atoms with Gasteiger partial charge in [-0.25, -0.2) is 9.37 Å². The van der Waals surface area contributed by atoms with Crippen molar-refractivity contribution in [1.29, 1.82) is 0 Å². The number of hydrogen-bond acceptors (Lipinski definition) is 4. The number of nitrogens with zero attached hydrogens (tertiary/aromatic N) is 1. The lowest BCUT2D eigenvalue weighted by Crippen LogP contribution is -2.42. The van der Waals surface area contributed by atoms with Crippen LogP contribution in [0.25, 0.3) is 0 Å². The first-order valence-corrected chi connectivity index (χ1v) is 9.34. The number of pyridine rings is 1. The molecule has 0 aliphatic carbocycles. The molecule has 0 radical (unpaired) electrons. The Kier molecular flexibility index (Phi) is 7.20. The third kappa shape index (κ3) is 6.50. The molecule has 0 aliphatic rings. The molecule has 9 heteroatoms. The van der Waals surface area contributed by atoms with Crippen molar-refractivity contribution in [3.63, 3.8) is 0 Å². The smallest absolute Gasteiger partial charge is 0.391 e. The average molecular weight is 427 g/mol. The quantitative estimate of drug-likeness (QED) is 0.618. The molecule has 0 saturated carbocycles. The molecule has 1 amide bonds. The Balaban J connectivity index is 2.30. The van der Waals surface area contributed by atoms with Gasteiger partial charge in [-0.15, -0.1) is 0 Å². The number of benzene rings is 1. The van der Waals surface area contributed by atoms with Gasteiger partial charge in [-0.05, 0) is 51.0 Å². The molecule has 1 heterocycles. The predicted molar refractivity (Wildman–Crippen MR) is 104 cm³/mol. The van der Waals surface area contributed by atoms with Gasteiger partial charge < -0.3 is 16.2 Å². The number of carbonyl (C=O) groups excluding carboxylic acids is 1. The summed E-state index contributed by atoms with van der Waals surface area (Å²) in [4.78, 5) is 16.1. The minimum atomic E-state index is -4.71. The van der Waals surface area contributed by atoms with E-state index in [0.29, 0.717) is 6.07 Å². The highest BCUT2D eigenvalue weighted by Crippen LogP contribution is 2.29. The maximum Gasteiger partial charge on any atom is 0.433 e. The maximum atomic E-state index is 13.8. The molecule has 0 spiro atoms. The summed E-state index contributed by atoms with van der Waals surface area (Å²) in [6.07, 6.45) is -6.49. The summed E-state index contributed by atoms with van der Waals surface area (Å²) in [5.41, 5.74) is 4.09. The molecule has 0 fully saturated rings. The Labute approximate surface area is 172 Å². The number of carbonyl (C=O) groups is 1. The maximum absolute atomic E-state index is 13.8. The van der Waals surface area contributed by atoms with Crippen molar-refractivity contribution in [2.75, 3.05) is 0 Å². The molecule has 0 bridgehead atoms. The zero-order valence-corrected chi connectivity index (χ0v) is 16.9. The third-order valence-corrected chi connectivity index (χ3v) is 4.31. The number of halogens is 4. The number of rotatable bonds is 6. The highest BCUT2D eigenvalue weighted by Gasteiger charge is 2.34. The molecule has 2 aromatic rings. The Morgan fingerprint density at radius 1 is 1.13 bits per heavy atom. The lowest BCUT2D eigenvalue weighted by molar-refractivity contribution is -0.141. The lowest BCUT2D eigenvalue weighted by atomic mass is 9.96. The van der Waals surface area contributed by atoms with Gasteiger partial charge in [0.05, 0.1) is 17.4 Å². The van der Waals surface area contributed by atoms with Gasteiger partial charge in [0.15, 0.2) is 0 Å². The van der Waals surface area contributed by atoms with E-state index in [2.05, 4.69) is 10.3 Å². The van der Waals surface area contributed by atoms with E-state index < -0.39 is 47.7 Å². The van der Waals surface area contributed by atoms with Gasteiger partial charge in [-0.2, -0.15) is 13.2 Å². The third-order valence-electron chi connectivity index (χ3n) is 4.31. The standard InChI is InChI=1S/C21H25F4N3O2/c1-20(2,3)28-19(30)13-8-9-18(21(23,24)25)27-16(13)11-17(29)15(26)10-12-6-4-5-7-14(12)22/h4-9,15,17,29H,10-11,26H2,1-3H3,(H,28,30)/t15-,17+/m1/s1. The summed E-state index contributed by atoms with van der Waals surface area (Å²) in [6, 6.07) is 6.64. The van der Waals surface area contributed by atoms with E-state index in [1.165, 1.54) is 18.2 Å². The van der Waals surface area contributed by atoms with E-state index in [1.807, 2.05) is 0 Å². The van der Waals surface area contributed by atoms with Crippen LogP contribution in [-0.2, 0) is 19.0 Å². The summed E-state index contributed by atoms with van der Waals surface area (Å²) in [6.45, 7) is 5.17. The van der Waals surface area contributed by atoms with Gasteiger partial charge in [-0.3, -0.25) is 4.79 Å². The lowest BCUT2D eigenvalue weighted by Gasteiger charge is -2.23. The van der Waals surface area contributed by atoms with Crippen molar-refractivity contribution < 1.29 is 27.5 Å². The van der Waals surface area contributed by atoms with Crippen LogP contribution in [0.3, 0.4) is 0 Å². The first-order chi connectivity index (χ1) is 13.8. The highest BCUT2D eigenvalue weighted by molar-refractivity contribution is 5.95. The van der Waals surface area contributed by atoms with Crippen molar-refractivity contribution in [1.82, 2.24) is 10.3 Å². The zero-order chi connectivity index (χ0) is 22.7. The molecule has 0 unspecified atom stereocenters. The monoisotopic (exact) mass is 427 g/mol. The van der Waals surface area contributed by atoms with Crippen molar-refractivity contribution in [3.8, 4) is 0 Å². The van der Waals surface area contributed by atoms with Gasteiger partial charge in [0.1, 0.15) is 11.5 Å². The van der Waals surface area contributed by atoms with E-state index in [0.717, 1.165) is 6.07 Å². The number of hydrogen-bond donors (Lipinski definition) is 3. The van der Waals surface area contributed by atoms with Crippen LogP contribution in [0.15, 0.2) is 36.4 Å². The number of aliphatic hydroxyl groups excluding tert-OH is 1. The summed E-state index contributed by atoms with van der Waals surface area (Å²) in [7, 11) is 0. The van der Waals surface area contributed by atoms with Crippen LogP contribution in [0, 0.1) is 5.82 Å². The normalized spacial score (nSPS) is 14.3. The molecule has 5 nitrogen and oxygen atoms in total. The largest absolute Gasteiger partial charge is 0.433 e.